The Hall–Kier alpha value is -1.55. The molecule has 1 aliphatic carbocycles. The lowest BCUT2D eigenvalue weighted by molar-refractivity contribution is 0.0905. The lowest BCUT2D eigenvalue weighted by Crippen LogP contribution is -2.45. The van der Waals surface area contributed by atoms with Crippen molar-refractivity contribution in [3.8, 4) is 0 Å². The standard InChI is InChI=1S/C14H16ClN3O/c1-14(2,9-3-4-9)17-13(19)10-5-7-18-8-6-11(15)16-12(10)18/h5-9H,3-4H2,1-2H3,(H,17,19). The second-order valence-corrected chi connectivity index (χ2v) is 6.05. The van der Waals surface area contributed by atoms with Crippen molar-refractivity contribution >= 4 is 23.2 Å². The van der Waals surface area contributed by atoms with Gasteiger partial charge >= 0.3 is 0 Å². The summed E-state index contributed by atoms with van der Waals surface area (Å²) >= 11 is 5.89. The highest BCUT2D eigenvalue weighted by Crippen LogP contribution is 2.39. The van der Waals surface area contributed by atoms with Crippen molar-refractivity contribution < 1.29 is 4.79 Å². The number of amides is 1. The number of hydrogen-bond acceptors (Lipinski definition) is 2. The van der Waals surface area contributed by atoms with Crippen LogP contribution in [0.5, 0.6) is 0 Å². The van der Waals surface area contributed by atoms with Gasteiger partial charge in [0.1, 0.15) is 5.15 Å². The third-order valence-electron chi connectivity index (χ3n) is 3.75. The molecule has 1 saturated carbocycles. The van der Waals surface area contributed by atoms with Gasteiger partial charge in [0.2, 0.25) is 0 Å². The quantitative estimate of drug-likeness (QED) is 0.877. The normalized spacial score (nSPS) is 15.7. The molecule has 2 aromatic rings. The van der Waals surface area contributed by atoms with Crippen LogP contribution in [0.1, 0.15) is 37.0 Å². The first kappa shape index (κ1) is 12.5. The van der Waals surface area contributed by atoms with Crippen molar-refractivity contribution in [3.05, 3.63) is 35.2 Å². The third kappa shape index (κ3) is 2.32. The number of hydrogen-bond donors (Lipinski definition) is 1. The Morgan fingerprint density at radius 3 is 2.79 bits per heavy atom. The molecule has 19 heavy (non-hydrogen) atoms. The van der Waals surface area contributed by atoms with Crippen molar-refractivity contribution in [2.75, 3.05) is 0 Å². The van der Waals surface area contributed by atoms with Gasteiger partial charge in [-0.25, -0.2) is 4.98 Å². The third-order valence-corrected chi connectivity index (χ3v) is 3.96. The van der Waals surface area contributed by atoms with E-state index in [1.807, 2.05) is 6.20 Å². The first-order chi connectivity index (χ1) is 8.97. The fraction of sp³-hybridized carbons (Fsp3) is 0.429. The Kier molecular flexibility index (Phi) is 2.78. The van der Waals surface area contributed by atoms with E-state index in [-0.39, 0.29) is 11.4 Å². The van der Waals surface area contributed by atoms with Crippen LogP contribution in [-0.4, -0.2) is 20.8 Å². The molecular formula is C14H16ClN3O. The molecule has 0 unspecified atom stereocenters. The number of carbonyl (C=O) groups excluding carboxylic acids is 1. The molecule has 0 bridgehead atoms. The molecule has 5 heteroatoms. The van der Waals surface area contributed by atoms with Crippen molar-refractivity contribution in [1.82, 2.24) is 14.7 Å². The topological polar surface area (TPSA) is 46.4 Å². The van der Waals surface area contributed by atoms with Gasteiger partial charge in [-0.05, 0) is 44.7 Å². The van der Waals surface area contributed by atoms with E-state index in [0.29, 0.717) is 22.3 Å². The fourth-order valence-electron chi connectivity index (χ4n) is 2.40. The molecule has 1 amide bonds. The lowest BCUT2D eigenvalue weighted by Gasteiger charge is -2.25. The van der Waals surface area contributed by atoms with Crippen molar-refractivity contribution in [2.45, 2.75) is 32.2 Å². The largest absolute Gasteiger partial charge is 0.347 e. The summed E-state index contributed by atoms with van der Waals surface area (Å²) in [4.78, 5) is 16.6. The number of aromatic nitrogens is 2. The Morgan fingerprint density at radius 1 is 1.42 bits per heavy atom. The Bertz CT molecular complexity index is 643. The molecule has 0 saturated heterocycles. The molecule has 0 aliphatic heterocycles. The van der Waals surface area contributed by atoms with Crippen LogP contribution in [0.25, 0.3) is 5.65 Å². The van der Waals surface area contributed by atoms with E-state index in [0.717, 1.165) is 0 Å². The summed E-state index contributed by atoms with van der Waals surface area (Å²) in [5.41, 5.74) is 0.997. The summed E-state index contributed by atoms with van der Waals surface area (Å²) in [6, 6.07) is 3.47. The van der Waals surface area contributed by atoms with Gasteiger partial charge in [-0.15, -0.1) is 0 Å². The highest BCUT2D eigenvalue weighted by Gasteiger charge is 2.39. The summed E-state index contributed by atoms with van der Waals surface area (Å²) < 4.78 is 1.80. The minimum atomic E-state index is -0.163. The van der Waals surface area contributed by atoms with Crippen LogP contribution in [0.15, 0.2) is 24.5 Å². The Balaban J connectivity index is 1.91. The van der Waals surface area contributed by atoms with Gasteiger partial charge in [-0.2, -0.15) is 0 Å². The molecule has 1 fully saturated rings. The molecule has 0 spiro atoms. The lowest BCUT2D eigenvalue weighted by atomic mass is 9.98. The molecule has 100 valence electrons. The average Bonchev–Trinajstić information content (AvgIpc) is 3.10. The van der Waals surface area contributed by atoms with Gasteiger partial charge < -0.3 is 9.72 Å². The SMILES string of the molecule is CC(C)(NC(=O)c1ccn2ccc(Cl)nc12)C1CC1. The Labute approximate surface area is 116 Å². The molecule has 0 atom stereocenters. The van der Waals surface area contributed by atoms with Crippen LogP contribution in [0.4, 0.5) is 0 Å². The van der Waals surface area contributed by atoms with Crippen LogP contribution < -0.4 is 5.32 Å². The fourth-order valence-corrected chi connectivity index (χ4v) is 2.54. The molecular weight excluding hydrogens is 262 g/mol. The number of halogens is 1. The second kappa shape index (κ2) is 4.23. The number of fused-ring (bicyclic) bond motifs is 1. The zero-order valence-electron chi connectivity index (χ0n) is 11.0. The Morgan fingerprint density at radius 2 is 2.11 bits per heavy atom. The molecule has 2 aromatic heterocycles. The number of nitrogens with one attached hydrogen (secondary N) is 1. The van der Waals surface area contributed by atoms with E-state index in [1.54, 1.807) is 22.7 Å². The van der Waals surface area contributed by atoms with E-state index < -0.39 is 0 Å². The number of nitrogens with zero attached hydrogens (tertiary/aromatic N) is 2. The van der Waals surface area contributed by atoms with Crippen LogP contribution in [-0.2, 0) is 0 Å². The van der Waals surface area contributed by atoms with Crippen molar-refractivity contribution in [3.63, 3.8) is 0 Å². The molecule has 4 nitrogen and oxygen atoms in total. The van der Waals surface area contributed by atoms with E-state index in [4.69, 9.17) is 11.6 Å². The predicted octanol–water partition coefficient (Wildman–Crippen LogP) is 2.91. The molecule has 2 heterocycles. The van der Waals surface area contributed by atoms with Crippen LogP contribution >= 0.6 is 11.6 Å². The maximum atomic E-state index is 12.4. The monoisotopic (exact) mass is 277 g/mol. The molecule has 1 aliphatic rings. The summed E-state index contributed by atoms with van der Waals surface area (Å²) in [6.45, 7) is 4.14. The van der Waals surface area contributed by atoms with E-state index >= 15 is 0 Å². The van der Waals surface area contributed by atoms with Crippen LogP contribution in [0.3, 0.4) is 0 Å². The second-order valence-electron chi connectivity index (χ2n) is 5.66. The molecule has 0 radical (unpaired) electrons. The van der Waals surface area contributed by atoms with Gasteiger partial charge in [-0.3, -0.25) is 4.79 Å². The van der Waals surface area contributed by atoms with E-state index in [9.17, 15) is 4.79 Å². The van der Waals surface area contributed by atoms with Crippen LogP contribution in [0.2, 0.25) is 5.15 Å². The van der Waals surface area contributed by atoms with Gasteiger partial charge in [-0.1, -0.05) is 11.6 Å². The minimum Gasteiger partial charge on any atom is -0.347 e. The summed E-state index contributed by atoms with van der Waals surface area (Å²) in [7, 11) is 0. The van der Waals surface area contributed by atoms with E-state index in [2.05, 4.69) is 24.1 Å². The molecule has 3 rings (SSSR count). The number of carbonyl (C=O) groups is 1. The van der Waals surface area contributed by atoms with Gasteiger partial charge in [0.25, 0.3) is 5.91 Å². The van der Waals surface area contributed by atoms with Gasteiger partial charge in [0.15, 0.2) is 5.65 Å². The zero-order valence-corrected chi connectivity index (χ0v) is 11.7. The minimum absolute atomic E-state index is 0.0887. The summed E-state index contributed by atoms with van der Waals surface area (Å²) in [6.07, 6.45) is 5.99. The maximum absolute atomic E-state index is 12.4. The van der Waals surface area contributed by atoms with Gasteiger partial charge in [0.05, 0.1) is 5.56 Å². The number of rotatable bonds is 3. The highest BCUT2D eigenvalue weighted by atomic mass is 35.5. The first-order valence-electron chi connectivity index (χ1n) is 6.43. The highest BCUT2D eigenvalue weighted by molar-refractivity contribution is 6.29. The first-order valence-corrected chi connectivity index (χ1v) is 6.81. The summed E-state index contributed by atoms with van der Waals surface area (Å²) in [5.74, 6) is 0.496. The van der Waals surface area contributed by atoms with Crippen molar-refractivity contribution in [1.29, 1.82) is 0 Å². The van der Waals surface area contributed by atoms with Gasteiger partial charge in [0, 0.05) is 17.9 Å². The van der Waals surface area contributed by atoms with E-state index in [1.165, 1.54) is 12.8 Å². The summed E-state index contributed by atoms with van der Waals surface area (Å²) in [5, 5.41) is 3.49. The molecule has 0 aromatic carbocycles. The van der Waals surface area contributed by atoms with Crippen molar-refractivity contribution in [2.24, 2.45) is 5.92 Å². The smallest absolute Gasteiger partial charge is 0.255 e. The predicted molar refractivity (Wildman–Crippen MR) is 74.5 cm³/mol. The maximum Gasteiger partial charge on any atom is 0.255 e. The zero-order chi connectivity index (χ0) is 13.6. The molecule has 1 N–H and O–H groups in total. The average molecular weight is 278 g/mol. The van der Waals surface area contributed by atoms with Crippen LogP contribution in [0, 0.1) is 5.92 Å².